The summed E-state index contributed by atoms with van der Waals surface area (Å²) in [6, 6.07) is 28.8. The van der Waals surface area contributed by atoms with Gasteiger partial charge in [-0.1, -0.05) is 60.7 Å². The summed E-state index contributed by atoms with van der Waals surface area (Å²) in [4.78, 5) is 14.9. The van der Waals surface area contributed by atoms with Crippen LogP contribution in [0.25, 0.3) is 22.4 Å². The number of sulfonamides is 1. The van der Waals surface area contributed by atoms with E-state index in [1.54, 1.807) is 16.4 Å². The zero-order chi connectivity index (χ0) is 24.7. The van der Waals surface area contributed by atoms with E-state index in [1.807, 2.05) is 84.9 Å². The lowest BCUT2D eigenvalue weighted by molar-refractivity contribution is -0.110. The lowest BCUT2D eigenvalue weighted by atomic mass is 10.0. The number of anilines is 2. The average molecular weight is 496 g/mol. The van der Waals surface area contributed by atoms with E-state index >= 15 is 0 Å². The normalized spacial score (nSPS) is 17.4. The van der Waals surface area contributed by atoms with Crippen molar-refractivity contribution in [2.75, 3.05) is 36.4 Å². The fourth-order valence-corrected chi connectivity index (χ4v) is 6.35. The zero-order valence-corrected chi connectivity index (χ0v) is 20.4. The van der Waals surface area contributed by atoms with Gasteiger partial charge in [0.2, 0.25) is 10.0 Å². The topological polar surface area (TPSA) is 69.7 Å². The quantitative estimate of drug-likeness (QED) is 0.411. The Balaban J connectivity index is 1.15. The Labute approximate surface area is 210 Å². The van der Waals surface area contributed by atoms with Gasteiger partial charge in [-0.15, -0.1) is 0 Å². The summed E-state index contributed by atoms with van der Waals surface area (Å²) in [6.45, 7) is 2.09. The molecule has 0 unspecified atom stereocenters. The van der Waals surface area contributed by atoms with Crippen LogP contribution in [0.15, 0.2) is 95.9 Å². The molecule has 4 aromatic rings. The molecule has 4 aromatic carbocycles. The highest BCUT2D eigenvalue weighted by Gasteiger charge is 2.29. The van der Waals surface area contributed by atoms with Crippen LogP contribution in [0, 0.1) is 0 Å². The van der Waals surface area contributed by atoms with Crippen molar-refractivity contribution in [3.05, 3.63) is 102 Å². The minimum absolute atomic E-state index is 0.0935. The van der Waals surface area contributed by atoms with Crippen LogP contribution in [0.1, 0.15) is 11.1 Å². The third-order valence-corrected chi connectivity index (χ3v) is 8.77. The zero-order valence-electron chi connectivity index (χ0n) is 19.6. The monoisotopic (exact) mass is 495 g/mol. The van der Waals surface area contributed by atoms with Crippen molar-refractivity contribution >= 4 is 49.7 Å². The maximum atomic E-state index is 13.3. The van der Waals surface area contributed by atoms with Gasteiger partial charge in [-0.05, 0) is 52.7 Å². The molecule has 0 atom stereocenters. The van der Waals surface area contributed by atoms with E-state index in [4.69, 9.17) is 0 Å². The van der Waals surface area contributed by atoms with Crippen LogP contribution in [0.2, 0.25) is 0 Å². The van der Waals surface area contributed by atoms with Gasteiger partial charge < -0.3 is 10.2 Å². The van der Waals surface area contributed by atoms with E-state index in [0.717, 1.165) is 33.3 Å². The first kappa shape index (κ1) is 22.5. The van der Waals surface area contributed by atoms with Crippen LogP contribution in [-0.2, 0) is 14.8 Å². The van der Waals surface area contributed by atoms with Crippen molar-refractivity contribution in [2.45, 2.75) is 4.90 Å². The van der Waals surface area contributed by atoms with Crippen molar-refractivity contribution in [3.63, 3.8) is 0 Å². The summed E-state index contributed by atoms with van der Waals surface area (Å²) in [6.07, 6.45) is 1.90. The molecule has 2 aliphatic heterocycles. The number of hydrogen-bond acceptors (Lipinski definition) is 4. The van der Waals surface area contributed by atoms with Crippen LogP contribution < -0.4 is 10.2 Å². The van der Waals surface area contributed by atoms with E-state index in [0.29, 0.717) is 36.6 Å². The van der Waals surface area contributed by atoms with E-state index in [-0.39, 0.29) is 5.91 Å². The van der Waals surface area contributed by atoms with Crippen LogP contribution in [0.3, 0.4) is 0 Å². The highest BCUT2D eigenvalue weighted by Crippen LogP contribution is 2.33. The Hall–Kier alpha value is -3.94. The number of piperazine rings is 1. The summed E-state index contributed by atoms with van der Waals surface area (Å²) in [7, 11) is -3.55. The maximum absolute atomic E-state index is 13.3. The first-order chi connectivity index (χ1) is 17.5. The standard InChI is InChI=1S/C29H25N3O3S/c33-29-27(26-7-3-4-8-28(26)30-29)19-21-9-12-24(13-10-21)31-15-17-32(18-16-31)36(34,35)25-14-11-22-5-1-2-6-23(22)20-25/h1-14,19-20H,15-18H2,(H,30,33)/b27-19-. The van der Waals surface area contributed by atoms with E-state index in [2.05, 4.69) is 10.2 Å². The van der Waals surface area contributed by atoms with Gasteiger partial charge >= 0.3 is 0 Å². The van der Waals surface area contributed by atoms with Crippen LogP contribution in [0.4, 0.5) is 11.4 Å². The van der Waals surface area contributed by atoms with E-state index < -0.39 is 10.0 Å². The molecular weight excluding hydrogens is 470 g/mol. The maximum Gasteiger partial charge on any atom is 0.256 e. The molecule has 0 aliphatic carbocycles. The van der Waals surface area contributed by atoms with Gasteiger partial charge in [0, 0.05) is 48.7 Å². The van der Waals surface area contributed by atoms with Crippen molar-refractivity contribution in [1.82, 2.24) is 4.31 Å². The molecule has 2 aliphatic rings. The highest BCUT2D eigenvalue weighted by atomic mass is 32.2. The summed E-state index contributed by atoms with van der Waals surface area (Å²) >= 11 is 0. The molecule has 1 saturated heterocycles. The molecular formula is C29H25N3O3S. The lowest BCUT2D eigenvalue weighted by Crippen LogP contribution is -2.48. The molecule has 1 amide bonds. The highest BCUT2D eigenvalue weighted by molar-refractivity contribution is 7.89. The second kappa shape index (κ2) is 8.93. The number of benzene rings is 4. The first-order valence-electron chi connectivity index (χ1n) is 12.0. The smallest absolute Gasteiger partial charge is 0.256 e. The van der Waals surface area contributed by atoms with Gasteiger partial charge in [0.1, 0.15) is 0 Å². The molecule has 180 valence electrons. The van der Waals surface area contributed by atoms with Crippen molar-refractivity contribution in [3.8, 4) is 0 Å². The Morgan fingerprint density at radius 3 is 2.22 bits per heavy atom. The number of amides is 1. The molecule has 0 bridgehead atoms. The van der Waals surface area contributed by atoms with Crippen LogP contribution in [-0.4, -0.2) is 44.8 Å². The lowest BCUT2D eigenvalue weighted by Gasteiger charge is -2.35. The first-order valence-corrected chi connectivity index (χ1v) is 13.4. The Morgan fingerprint density at radius 2 is 1.44 bits per heavy atom. The van der Waals surface area contributed by atoms with Gasteiger partial charge in [-0.3, -0.25) is 4.79 Å². The second-order valence-corrected chi connectivity index (χ2v) is 11.0. The molecule has 0 spiro atoms. The number of para-hydroxylation sites is 1. The molecule has 6 nitrogen and oxygen atoms in total. The average Bonchev–Trinajstić information content (AvgIpc) is 3.23. The number of carbonyl (C=O) groups is 1. The van der Waals surface area contributed by atoms with Gasteiger partial charge in [-0.25, -0.2) is 8.42 Å². The minimum Gasteiger partial charge on any atom is -0.369 e. The van der Waals surface area contributed by atoms with Gasteiger partial charge in [0.15, 0.2) is 0 Å². The Kier molecular flexibility index (Phi) is 5.59. The van der Waals surface area contributed by atoms with E-state index in [9.17, 15) is 13.2 Å². The fraction of sp³-hybridized carbons (Fsp3) is 0.138. The summed E-state index contributed by atoms with van der Waals surface area (Å²) < 4.78 is 28.1. The minimum atomic E-state index is -3.55. The predicted octanol–water partition coefficient (Wildman–Crippen LogP) is 4.84. The molecule has 2 heterocycles. The molecule has 1 N–H and O–H groups in total. The molecule has 7 heteroatoms. The van der Waals surface area contributed by atoms with E-state index in [1.165, 1.54) is 0 Å². The molecule has 6 rings (SSSR count). The number of fused-ring (bicyclic) bond motifs is 2. The number of rotatable bonds is 4. The summed E-state index contributed by atoms with van der Waals surface area (Å²) in [5.41, 5.74) is 4.39. The molecule has 0 radical (unpaired) electrons. The van der Waals surface area contributed by atoms with Crippen molar-refractivity contribution in [2.24, 2.45) is 0 Å². The number of carbonyl (C=O) groups excluding carboxylic acids is 1. The number of nitrogens with one attached hydrogen (secondary N) is 1. The summed E-state index contributed by atoms with van der Waals surface area (Å²) in [5.74, 6) is -0.0935. The fourth-order valence-electron chi connectivity index (χ4n) is 4.89. The third kappa shape index (κ3) is 4.06. The summed E-state index contributed by atoms with van der Waals surface area (Å²) in [5, 5.41) is 4.85. The van der Waals surface area contributed by atoms with Gasteiger partial charge in [-0.2, -0.15) is 4.31 Å². The van der Waals surface area contributed by atoms with Crippen LogP contribution in [0.5, 0.6) is 0 Å². The number of hydrogen-bond donors (Lipinski definition) is 1. The van der Waals surface area contributed by atoms with Gasteiger partial charge in [0.05, 0.1) is 4.90 Å². The van der Waals surface area contributed by atoms with Gasteiger partial charge in [0.25, 0.3) is 5.91 Å². The Morgan fingerprint density at radius 1 is 0.750 bits per heavy atom. The van der Waals surface area contributed by atoms with Crippen molar-refractivity contribution in [1.29, 1.82) is 0 Å². The second-order valence-electron chi connectivity index (χ2n) is 9.05. The van der Waals surface area contributed by atoms with Crippen molar-refractivity contribution < 1.29 is 13.2 Å². The molecule has 36 heavy (non-hydrogen) atoms. The molecule has 0 aromatic heterocycles. The predicted molar refractivity (Wildman–Crippen MR) is 144 cm³/mol. The largest absolute Gasteiger partial charge is 0.369 e. The van der Waals surface area contributed by atoms with Crippen LogP contribution >= 0.6 is 0 Å². The third-order valence-electron chi connectivity index (χ3n) is 6.88. The Bertz CT molecular complexity index is 1600. The SMILES string of the molecule is O=C1Nc2ccccc2/C1=C/c1ccc(N2CCN(S(=O)(=O)c3ccc4ccccc4c3)CC2)cc1. The number of nitrogens with zero attached hydrogens (tertiary/aromatic N) is 2. The molecule has 0 saturated carbocycles. The molecule has 1 fully saturated rings.